The van der Waals surface area contributed by atoms with Gasteiger partial charge in [-0.3, -0.25) is 9.59 Å². The van der Waals surface area contributed by atoms with Gasteiger partial charge in [0.1, 0.15) is 5.75 Å². The van der Waals surface area contributed by atoms with Crippen LogP contribution in [0.25, 0.3) is 0 Å². The molecule has 1 saturated heterocycles. The van der Waals surface area contributed by atoms with E-state index in [1.54, 1.807) is 7.11 Å². The Hall–Kier alpha value is -2.73. The zero-order valence-corrected chi connectivity index (χ0v) is 23.6. The number of likely N-dealkylation sites (N-methyl/N-ethyl adjacent to an activating group) is 1. The summed E-state index contributed by atoms with van der Waals surface area (Å²) in [5.74, 6) is -4.08. The molecule has 1 aliphatic carbocycles. The summed E-state index contributed by atoms with van der Waals surface area (Å²) in [7, 11) is 3.96. The predicted octanol–water partition coefficient (Wildman–Crippen LogP) is 2.08. The number of carboxylic acids is 3. The van der Waals surface area contributed by atoms with Crippen molar-refractivity contribution in [1.29, 1.82) is 0 Å². The quantitative estimate of drug-likeness (QED) is 0.259. The van der Waals surface area contributed by atoms with Gasteiger partial charge < -0.3 is 40.3 Å². The topological polar surface area (TPSA) is 160 Å². The standard InChI is InChI=1S/C22H37N3O.C6H8O7/c1-21(2,18-25-15-13-24(3)14-16-25)17-23-22(11-5-6-12-22)19-7-9-20(26-4)10-8-19;7-3(8)1-6(13,5(11)12)2-4(9)10/h7-10,23H,5-6,11-18H2,1-4H3;13H,1-2H2,(H,7,8)(H,9,10)(H,11,12). The maximum atomic E-state index is 10.3. The third-order valence-corrected chi connectivity index (χ3v) is 7.54. The summed E-state index contributed by atoms with van der Waals surface area (Å²) in [4.78, 5) is 35.5. The molecule has 0 bridgehead atoms. The van der Waals surface area contributed by atoms with E-state index in [9.17, 15) is 14.4 Å². The molecule has 1 heterocycles. The predicted molar refractivity (Wildman–Crippen MR) is 146 cm³/mol. The molecule has 1 aromatic carbocycles. The van der Waals surface area contributed by atoms with E-state index in [1.807, 2.05) is 0 Å². The average Bonchev–Trinajstić information content (AvgIpc) is 3.34. The highest BCUT2D eigenvalue weighted by molar-refractivity contribution is 5.88. The van der Waals surface area contributed by atoms with Crippen LogP contribution in [0.2, 0.25) is 0 Å². The van der Waals surface area contributed by atoms with Gasteiger partial charge in [-0.25, -0.2) is 4.79 Å². The lowest BCUT2D eigenvalue weighted by Crippen LogP contribution is -2.51. The number of aliphatic carboxylic acids is 3. The van der Waals surface area contributed by atoms with E-state index < -0.39 is 36.4 Å². The van der Waals surface area contributed by atoms with Crippen LogP contribution in [0.3, 0.4) is 0 Å². The number of nitrogens with one attached hydrogen (secondary N) is 1. The fourth-order valence-electron chi connectivity index (χ4n) is 5.25. The third kappa shape index (κ3) is 10.1. The molecule has 3 rings (SSSR count). The fourth-order valence-corrected chi connectivity index (χ4v) is 5.25. The first kappa shape index (κ1) is 32.5. The Kier molecular flexibility index (Phi) is 11.7. The largest absolute Gasteiger partial charge is 0.497 e. The normalized spacial score (nSPS) is 18.2. The van der Waals surface area contributed by atoms with Gasteiger partial charge in [-0.1, -0.05) is 38.8 Å². The highest BCUT2D eigenvalue weighted by Crippen LogP contribution is 2.40. The lowest BCUT2D eigenvalue weighted by Gasteiger charge is -2.40. The summed E-state index contributed by atoms with van der Waals surface area (Å²) in [6, 6.07) is 8.72. The lowest BCUT2D eigenvalue weighted by molar-refractivity contribution is -0.170. The van der Waals surface area contributed by atoms with Crippen molar-refractivity contribution in [2.24, 2.45) is 5.41 Å². The number of methoxy groups -OCH3 is 1. The Balaban J connectivity index is 0.000000349. The minimum Gasteiger partial charge on any atom is -0.497 e. The molecule has 2 fully saturated rings. The Morgan fingerprint density at radius 1 is 0.949 bits per heavy atom. The molecule has 2 aliphatic rings. The zero-order valence-electron chi connectivity index (χ0n) is 23.6. The fraction of sp³-hybridized carbons (Fsp3) is 0.679. The molecular formula is C28H45N3O8. The molecule has 11 nitrogen and oxygen atoms in total. The lowest BCUT2D eigenvalue weighted by atomic mass is 9.85. The van der Waals surface area contributed by atoms with Crippen molar-refractivity contribution < 1.29 is 39.5 Å². The SMILES string of the molecule is COc1ccc(C2(NCC(C)(C)CN3CCN(C)CC3)CCCC2)cc1.O=C(O)CC(O)(CC(=O)O)C(=O)O. The van der Waals surface area contributed by atoms with Crippen molar-refractivity contribution in [3.8, 4) is 5.75 Å². The van der Waals surface area contributed by atoms with Crippen LogP contribution in [0.4, 0.5) is 0 Å². The summed E-state index contributed by atoms with van der Waals surface area (Å²) in [5.41, 5.74) is -0.896. The Labute approximate surface area is 230 Å². The second-order valence-corrected chi connectivity index (χ2v) is 11.6. The van der Waals surface area contributed by atoms with Crippen LogP contribution >= 0.6 is 0 Å². The first-order valence-corrected chi connectivity index (χ1v) is 13.4. The summed E-state index contributed by atoms with van der Waals surface area (Å²) in [6.45, 7) is 11.8. The molecule has 0 radical (unpaired) electrons. The van der Waals surface area contributed by atoms with Crippen LogP contribution in [-0.2, 0) is 19.9 Å². The molecule has 0 spiro atoms. The Morgan fingerprint density at radius 2 is 1.46 bits per heavy atom. The van der Waals surface area contributed by atoms with E-state index in [4.69, 9.17) is 25.2 Å². The summed E-state index contributed by atoms with van der Waals surface area (Å²) >= 11 is 0. The average molecular weight is 552 g/mol. The molecule has 0 atom stereocenters. The Bertz CT molecular complexity index is 936. The van der Waals surface area contributed by atoms with Crippen molar-refractivity contribution in [3.05, 3.63) is 29.8 Å². The minimum absolute atomic E-state index is 0.145. The highest BCUT2D eigenvalue weighted by atomic mass is 16.5. The number of carbonyl (C=O) groups is 3. The molecule has 1 saturated carbocycles. The number of rotatable bonds is 12. The van der Waals surface area contributed by atoms with Crippen LogP contribution < -0.4 is 10.1 Å². The van der Waals surface area contributed by atoms with Crippen LogP contribution in [0, 0.1) is 5.41 Å². The van der Waals surface area contributed by atoms with Gasteiger partial charge in [-0.15, -0.1) is 0 Å². The second-order valence-electron chi connectivity index (χ2n) is 11.6. The maximum absolute atomic E-state index is 10.3. The van der Waals surface area contributed by atoms with Gasteiger partial charge in [0.25, 0.3) is 0 Å². The minimum atomic E-state index is -2.74. The van der Waals surface area contributed by atoms with E-state index in [-0.39, 0.29) is 11.0 Å². The van der Waals surface area contributed by atoms with Crippen molar-refractivity contribution in [2.75, 3.05) is 53.4 Å². The van der Waals surface area contributed by atoms with Crippen molar-refractivity contribution in [2.45, 2.75) is 63.5 Å². The number of hydrogen-bond acceptors (Lipinski definition) is 8. The molecule has 11 heteroatoms. The molecule has 220 valence electrons. The van der Waals surface area contributed by atoms with Gasteiger partial charge in [0.2, 0.25) is 0 Å². The number of benzene rings is 1. The summed E-state index contributed by atoms with van der Waals surface area (Å²) < 4.78 is 5.34. The molecule has 5 N–H and O–H groups in total. The molecule has 39 heavy (non-hydrogen) atoms. The Morgan fingerprint density at radius 3 is 1.90 bits per heavy atom. The van der Waals surface area contributed by atoms with Gasteiger partial charge >= 0.3 is 17.9 Å². The first-order valence-electron chi connectivity index (χ1n) is 13.4. The van der Waals surface area contributed by atoms with Crippen LogP contribution in [-0.4, -0.2) is 107 Å². The number of carboxylic acid groups (broad SMARTS) is 3. The van der Waals surface area contributed by atoms with E-state index in [0.717, 1.165) is 12.3 Å². The molecule has 0 unspecified atom stereocenters. The number of aliphatic hydroxyl groups is 1. The zero-order chi connectivity index (χ0) is 29.3. The molecule has 0 amide bonds. The smallest absolute Gasteiger partial charge is 0.336 e. The van der Waals surface area contributed by atoms with Gasteiger partial charge in [-0.05, 0) is 43.0 Å². The highest BCUT2D eigenvalue weighted by Gasteiger charge is 2.41. The van der Waals surface area contributed by atoms with Crippen molar-refractivity contribution >= 4 is 17.9 Å². The van der Waals surface area contributed by atoms with Crippen LogP contribution in [0.1, 0.15) is 57.9 Å². The van der Waals surface area contributed by atoms with E-state index in [2.05, 4.69) is 60.3 Å². The molecule has 0 aromatic heterocycles. The summed E-state index contributed by atoms with van der Waals surface area (Å²) in [6.07, 6.45) is 2.83. The monoisotopic (exact) mass is 551 g/mol. The number of hydrogen-bond donors (Lipinski definition) is 5. The number of nitrogens with zero attached hydrogens (tertiary/aromatic N) is 2. The van der Waals surface area contributed by atoms with E-state index >= 15 is 0 Å². The number of ether oxygens (including phenoxy) is 1. The van der Waals surface area contributed by atoms with Crippen molar-refractivity contribution in [1.82, 2.24) is 15.1 Å². The molecule has 1 aromatic rings. The van der Waals surface area contributed by atoms with Crippen LogP contribution in [0.5, 0.6) is 5.75 Å². The molecular weight excluding hydrogens is 506 g/mol. The van der Waals surface area contributed by atoms with Crippen molar-refractivity contribution in [3.63, 3.8) is 0 Å². The van der Waals surface area contributed by atoms with Crippen LogP contribution in [0.15, 0.2) is 24.3 Å². The van der Waals surface area contributed by atoms with Gasteiger partial charge in [0.15, 0.2) is 5.60 Å². The van der Waals surface area contributed by atoms with E-state index in [1.165, 1.54) is 64.0 Å². The third-order valence-electron chi connectivity index (χ3n) is 7.54. The summed E-state index contributed by atoms with van der Waals surface area (Å²) in [5, 5.41) is 37.8. The molecule has 1 aliphatic heterocycles. The van der Waals surface area contributed by atoms with Gasteiger partial charge in [0.05, 0.1) is 20.0 Å². The van der Waals surface area contributed by atoms with Gasteiger partial charge in [0, 0.05) is 44.8 Å². The first-order chi connectivity index (χ1) is 18.2. The maximum Gasteiger partial charge on any atom is 0.336 e. The second kappa shape index (κ2) is 14.1. The van der Waals surface area contributed by atoms with Gasteiger partial charge in [-0.2, -0.15) is 0 Å². The van der Waals surface area contributed by atoms with E-state index in [0.29, 0.717) is 0 Å². The number of piperazine rings is 1.